The number of esters is 1. The number of H-pyrrole nitrogens is 1. The van der Waals surface area contributed by atoms with Crippen molar-refractivity contribution in [3.63, 3.8) is 0 Å². The summed E-state index contributed by atoms with van der Waals surface area (Å²) in [5.41, 5.74) is 0.202. The fraction of sp³-hybridized carbons (Fsp3) is 0.615. The number of aromatic nitrogens is 2. The molecule has 1 unspecified atom stereocenters. The highest BCUT2D eigenvalue weighted by molar-refractivity contribution is 5.91. The van der Waals surface area contributed by atoms with Crippen LogP contribution in [0.25, 0.3) is 0 Å². The number of nitrogens with zero attached hydrogens (tertiary/aromatic N) is 2. The minimum absolute atomic E-state index is 0.0769. The minimum Gasteiger partial charge on any atom is -0.464 e. The summed E-state index contributed by atoms with van der Waals surface area (Å²) < 4.78 is 10.4. The van der Waals surface area contributed by atoms with Gasteiger partial charge in [-0.15, -0.1) is 0 Å². The summed E-state index contributed by atoms with van der Waals surface area (Å²) in [6, 6.07) is 0. The monoisotopic (exact) mass is 281 g/mol. The van der Waals surface area contributed by atoms with Crippen molar-refractivity contribution in [2.45, 2.75) is 32.8 Å². The maximum absolute atomic E-state index is 12.1. The number of rotatable bonds is 5. The van der Waals surface area contributed by atoms with E-state index in [0.717, 1.165) is 25.9 Å². The zero-order valence-electron chi connectivity index (χ0n) is 11.7. The molecule has 0 aromatic carbocycles. The van der Waals surface area contributed by atoms with Gasteiger partial charge in [-0.05, 0) is 26.7 Å². The molecule has 7 nitrogen and oxygen atoms in total. The molecule has 1 aliphatic heterocycles. The van der Waals surface area contributed by atoms with Crippen molar-refractivity contribution >= 4 is 11.9 Å². The molecule has 0 radical (unpaired) electrons. The van der Waals surface area contributed by atoms with Gasteiger partial charge in [-0.25, -0.2) is 9.89 Å². The van der Waals surface area contributed by atoms with Gasteiger partial charge < -0.3 is 14.4 Å². The average Bonchev–Trinajstić information content (AvgIpc) is 3.09. The van der Waals surface area contributed by atoms with E-state index in [-0.39, 0.29) is 24.0 Å². The minimum atomic E-state index is -0.665. The number of hydrogen-bond acceptors (Lipinski definition) is 5. The van der Waals surface area contributed by atoms with Crippen LogP contribution in [0.3, 0.4) is 0 Å². The van der Waals surface area contributed by atoms with Gasteiger partial charge in [-0.1, -0.05) is 0 Å². The van der Waals surface area contributed by atoms with E-state index in [1.54, 1.807) is 18.7 Å². The van der Waals surface area contributed by atoms with E-state index in [4.69, 9.17) is 9.47 Å². The van der Waals surface area contributed by atoms with Gasteiger partial charge in [0.25, 0.3) is 5.91 Å². The molecule has 7 heteroatoms. The highest BCUT2D eigenvalue weighted by atomic mass is 16.5. The first-order chi connectivity index (χ1) is 9.63. The Hall–Kier alpha value is -2.05. The van der Waals surface area contributed by atoms with Crippen molar-refractivity contribution in [3.05, 3.63) is 11.8 Å². The third-order valence-corrected chi connectivity index (χ3v) is 3.16. The normalized spacial score (nSPS) is 16.0. The van der Waals surface area contributed by atoms with E-state index in [2.05, 4.69) is 10.2 Å². The predicted octanol–water partition coefficient (Wildman–Crippen LogP) is 0.976. The molecule has 1 atom stereocenters. The molecule has 1 saturated heterocycles. The molecule has 1 N–H and O–H groups in total. The van der Waals surface area contributed by atoms with Gasteiger partial charge in [0.1, 0.15) is 5.56 Å². The van der Waals surface area contributed by atoms with Crippen molar-refractivity contribution in [3.8, 4) is 5.88 Å². The molecule has 2 heterocycles. The van der Waals surface area contributed by atoms with Gasteiger partial charge >= 0.3 is 5.97 Å². The molecule has 1 aromatic heterocycles. The first-order valence-corrected chi connectivity index (χ1v) is 6.79. The zero-order valence-corrected chi connectivity index (χ0v) is 11.7. The lowest BCUT2D eigenvalue weighted by Gasteiger charge is -2.20. The van der Waals surface area contributed by atoms with Crippen LogP contribution in [0.15, 0.2) is 6.20 Å². The van der Waals surface area contributed by atoms with Gasteiger partial charge in [0, 0.05) is 13.1 Å². The van der Waals surface area contributed by atoms with Crippen LogP contribution in [0.2, 0.25) is 0 Å². The van der Waals surface area contributed by atoms with Gasteiger partial charge in [0.15, 0.2) is 6.10 Å². The third kappa shape index (κ3) is 3.09. The Morgan fingerprint density at radius 3 is 2.80 bits per heavy atom. The highest BCUT2D eigenvalue weighted by Gasteiger charge is 2.26. The van der Waals surface area contributed by atoms with E-state index in [9.17, 15) is 9.59 Å². The van der Waals surface area contributed by atoms with Gasteiger partial charge in [0.2, 0.25) is 5.88 Å². The van der Waals surface area contributed by atoms with E-state index in [1.165, 1.54) is 6.20 Å². The smallest absolute Gasteiger partial charge is 0.345 e. The van der Waals surface area contributed by atoms with Crippen molar-refractivity contribution < 1.29 is 19.1 Å². The zero-order chi connectivity index (χ0) is 14.5. The van der Waals surface area contributed by atoms with E-state index in [0.29, 0.717) is 0 Å². The van der Waals surface area contributed by atoms with Crippen LogP contribution >= 0.6 is 0 Å². The maximum atomic E-state index is 12.1. The Kier molecular flexibility index (Phi) is 4.60. The molecule has 0 spiro atoms. The van der Waals surface area contributed by atoms with E-state index >= 15 is 0 Å². The Morgan fingerprint density at radius 2 is 2.15 bits per heavy atom. The number of carbonyl (C=O) groups is 2. The standard InChI is InChI=1S/C13H19N3O4/c1-3-19-13(18)10-8-14-15-11(10)20-9(2)12(17)16-6-4-5-7-16/h8-9H,3-7H2,1-2H3,(H,14,15). The molecule has 1 fully saturated rings. The second-order valence-electron chi connectivity index (χ2n) is 4.63. The number of amides is 1. The molecule has 0 aliphatic carbocycles. The summed E-state index contributed by atoms with van der Waals surface area (Å²) in [7, 11) is 0. The fourth-order valence-corrected chi connectivity index (χ4v) is 2.14. The number of carbonyl (C=O) groups excluding carboxylic acids is 2. The lowest BCUT2D eigenvalue weighted by molar-refractivity contribution is -0.136. The van der Waals surface area contributed by atoms with Gasteiger partial charge in [0.05, 0.1) is 12.8 Å². The van der Waals surface area contributed by atoms with Crippen molar-refractivity contribution in [1.29, 1.82) is 0 Å². The van der Waals surface area contributed by atoms with E-state index < -0.39 is 12.1 Å². The van der Waals surface area contributed by atoms with E-state index in [1.807, 2.05) is 0 Å². The van der Waals surface area contributed by atoms with Crippen LogP contribution < -0.4 is 4.74 Å². The Bertz CT molecular complexity index is 480. The van der Waals surface area contributed by atoms with Crippen molar-refractivity contribution in [1.82, 2.24) is 15.1 Å². The van der Waals surface area contributed by atoms with Crippen LogP contribution in [-0.4, -0.2) is 52.8 Å². The average molecular weight is 281 g/mol. The molecular formula is C13H19N3O4. The van der Waals surface area contributed by atoms with Gasteiger partial charge in [-0.3, -0.25) is 4.79 Å². The summed E-state index contributed by atoms with van der Waals surface area (Å²) in [4.78, 5) is 25.6. The molecule has 1 aromatic rings. The second-order valence-corrected chi connectivity index (χ2v) is 4.63. The number of ether oxygens (including phenoxy) is 2. The number of aromatic amines is 1. The van der Waals surface area contributed by atoms with Crippen LogP contribution in [0, 0.1) is 0 Å². The molecule has 20 heavy (non-hydrogen) atoms. The van der Waals surface area contributed by atoms with Crippen LogP contribution in [-0.2, 0) is 9.53 Å². The first-order valence-electron chi connectivity index (χ1n) is 6.79. The topological polar surface area (TPSA) is 84.5 Å². The molecule has 2 rings (SSSR count). The third-order valence-electron chi connectivity index (χ3n) is 3.16. The number of hydrogen-bond donors (Lipinski definition) is 1. The molecule has 0 bridgehead atoms. The largest absolute Gasteiger partial charge is 0.464 e. The molecule has 1 aliphatic rings. The fourth-order valence-electron chi connectivity index (χ4n) is 2.14. The lowest BCUT2D eigenvalue weighted by Crippen LogP contribution is -2.38. The van der Waals surface area contributed by atoms with Crippen molar-refractivity contribution in [2.75, 3.05) is 19.7 Å². The second kappa shape index (κ2) is 6.40. The number of likely N-dealkylation sites (tertiary alicyclic amines) is 1. The summed E-state index contributed by atoms with van der Waals surface area (Å²) in [5.74, 6) is -0.424. The quantitative estimate of drug-likeness (QED) is 0.813. The van der Waals surface area contributed by atoms with Crippen LogP contribution in [0.4, 0.5) is 0 Å². The molecule has 0 saturated carbocycles. The lowest BCUT2D eigenvalue weighted by atomic mass is 10.3. The highest BCUT2D eigenvalue weighted by Crippen LogP contribution is 2.18. The Labute approximate surface area is 117 Å². The van der Waals surface area contributed by atoms with Crippen LogP contribution in [0.1, 0.15) is 37.0 Å². The SMILES string of the molecule is CCOC(=O)c1cn[nH]c1OC(C)C(=O)N1CCCC1. The Balaban J connectivity index is 2.00. The Morgan fingerprint density at radius 1 is 1.45 bits per heavy atom. The summed E-state index contributed by atoms with van der Waals surface area (Å²) in [6.45, 7) is 5.18. The number of nitrogens with one attached hydrogen (secondary N) is 1. The molecule has 1 amide bonds. The molecular weight excluding hydrogens is 262 g/mol. The van der Waals surface area contributed by atoms with Crippen LogP contribution in [0.5, 0.6) is 5.88 Å². The summed E-state index contributed by atoms with van der Waals surface area (Å²) in [6.07, 6.45) is 2.72. The summed E-state index contributed by atoms with van der Waals surface area (Å²) in [5, 5.41) is 6.34. The first kappa shape index (κ1) is 14.4. The summed E-state index contributed by atoms with van der Waals surface area (Å²) >= 11 is 0. The van der Waals surface area contributed by atoms with Gasteiger partial charge in [-0.2, -0.15) is 5.10 Å². The predicted molar refractivity (Wildman–Crippen MR) is 70.4 cm³/mol. The maximum Gasteiger partial charge on any atom is 0.345 e. The van der Waals surface area contributed by atoms with Crippen molar-refractivity contribution in [2.24, 2.45) is 0 Å². The molecule has 110 valence electrons.